The van der Waals surface area contributed by atoms with E-state index in [1.54, 1.807) is 18.2 Å². The van der Waals surface area contributed by atoms with E-state index >= 15 is 0 Å². The lowest BCUT2D eigenvalue weighted by molar-refractivity contribution is -0.136. The van der Waals surface area contributed by atoms with Gasteiger partial charge in [0.2, 0.25) is 23.6 Å². The molecule has 50 heavy (non-hydrogen) atoms. The molecule has 0 spiro atoms. The molecule has 3 aromatic rings. The van der Waals surface area contributed by atoms with Crippen molar-refractivity contribution in [2.75, 3.05) is 30.3 Å². The van der Waals surface area contributed by atoms with Crippen LogP contribution in [-0.2, 0) is 25.6 Å². The third kappa shape index (κ3) is 8.18. The van der Waals surface area contributed by atoms with Crippen LogP contribution in [0.25, 0.3) is 0 Å². The zero-order valence-electron chi connectivity index (χ0n) is 27.7. The Labute approximate surface area is 289 Å². The summed E-state index contributed by atoms with van der Waals surface area (Å²) < 4.78 is 5.77. The Hall–Kier alpha value is -5.53. The highest BCUT2D eigenvalue weighted by molar-refractivity contribution is 6.25. The topological polar surface area (TPSA) is 192 Å². The number of nitrogens with one attached hydrogen (secondary N) is 5. The molecular formula is C36H41N7O7. The number of aromatic amines is 1. The molecule has 2 fully saturated rings. The number of carbonyl (C=O) groups excluding carboxylic acids is 6. The number of benzene rings is 2. The van der Waals surface area contributed by atoms with Crippen molar-refractivity contribution in [1.29, 1.82) is 0 Å². The Bertz CT molecular complexity index is 1770. The van der Waals surface area contributed by atoms with Gasteiger partial charge < -0.3 is 20.7 Å². The Balaban J connectivity index is 0.833. The van der Waals surface area contributed by atoms with Crippen LogP contribution >= 0.6 is 0 Å². The molecule has 5 N–H and O–H groups in total. The van der Waals surface area contributed by atoms with E-state index in [9.17, 15) is 28.8 Å². The van der Waals surface area contributed by atoms with Crippen molar-refractivity contribution in [1.82, 2.24) is 25.7 Å². The Kier molecular flexibility index (Phi) is 10.8. The lowest BCUT2D eigenvalue weighted by Crippen LogP contribution is -2.54. The number of imide groups is 2. The molecule has 1 saturated heterocycles. The third-order valence-corrected chi connectivity index (χ3v) is 9.22. The van der Waals surface area contributed by atoms with Crippen molar-refractivity contribution in [3.63, 3.8) is 0 Å². The van der Waals surface area contributed by atoms with Crippen LogP contribution < -0.4 is 26.0 Å². The zero-order chi connectivity index (χ0) is 35.0. The maximum atomic E-state index is 13.2. The molecular weight excluding hydrogens is 642 g/mol. The number of ether oxygens (including phenoxy) is 1. The Morgan fingerprint density at radius 2 is 1.72 bits per heavy atom. The second-order valence-corrected chi connectivity index (χ2v) is 12.8. The summed E-state index contributed by atoms with van der Waals surface area (Å²) in [5, 5.41) is 18.4. The highest BCUT2D eigenvalue weighted by atomic mass is 16.5. The smallest absolute Gasteiger partial charge is 0.264 e. The summed E-state index contributed by atoms with van der Waals surface area (Å²) in [5.74, 6) is -0.644. The van der Waals surface area contributed by atoms with Crippen molar-refractivity contribution in [3.05, 3.63) is 70.9 Å². The number of carbonyl (C=O) groups is 6. The number of piperidine rings is 1. The molecule has 1 unspecified atom stereocenters. The number of unbranched alkanes of at least 4 members (excludes halogenated alkanes) is 1. The molecule has 0 bridgehead atoms. The molecule has 1 aromatic heterocycles. The predicted molar refractivity (Wildman–Crippen MR) is 183 cm³/mol. The standard InChI is InChI=1S/C36H41N7O7/c44-30(10-5-19-50-24-13-11-22(12-14-24)20-32(46)39-29-21-27(41-42-29)23-6-3-7-23)38-18-2-1-17-37-26-9-4-8-25-33(26)36(49)43(35(25)48)28-15-16-31(45)40-34(28)47/h4,8-9,11-14,21,23,28,37H,1-3,5-7,10,15-20H2,(H,38,44)(H,40,45,47)(H2,39,41,42,46). The first-order chi connectivity index (χ1) is 24.3. The molecule has 1 saturated carbocycles. The first-order valence-electron chi connectivity index (χ1n) is 17.2. The van der Waals surface area contributed by atoms with Gasteiger partial charge in [0.25, 0.3) is 11.8 Å². The van der Waals surface area contributed by atoms with Crippen LogP contribution in [-0.4, -0.2) is 76.3 Å². The summed E-state index contributed by atoms with van der Waals surface area (Å²) in [6, 6.07) is 13.2. The quantitative estimate of drug-likeness (QED) is 0.111. The lowest BCUT2D eigenvalue weighted by Gasteiger charge is -2.27. The maximum absolute atomic E-state index is 13.2. The second-order valence-electron chi connectivity index (χ2n) is 12.8. The van der Waals surface area contributed by atoms with Gasteiger partial charge in [0.15, 0.2) is 5.82 Å². The number of hydrogen-bond acceptors (Lipinski definition) is 9. The zero-order valence-corrected chi connectivity index (χ0v) is 27.7. The Morgan fingerprint density at radius 1 is 0.920 bits per heavy atom. The number of aromatic nitrogens is 2. The number of H-pyrrole nitrogens is 1. The van der Waals surface area contributed by atoms with E-state index in [2.05, 4.69) is 31.5 Å². The van der Waals surface area contributed by atoms with Gasteiger partial charge >= 0.3 is 0 Å². The fraction of sp³-hybridized carbons (Fsp3) is 0.417. The SMILES string of the molecule is O=C(CCCOc1ccc(CC(=O)Nc2cc(C3CCC3)[nH]n2)cc1)NCCCCNc1cccc2c1C(=O)N(C1CCC(=O)NC1=O)C2=O. The largest absolute Gasteiger partial charge is 0.494 e. The van der Waals surface area contributed by atoms with Gasteiger partial charge in [-0.3, -0.25) is 44.1 Å². The second kappa shape index (κ2) is 15.8. The number of amides is 6. The summed E-state index contributed by atoms with van der Waals surface area (Å²) >= 11 is 0. The summed E-state index contributed by atoms with van der Waals surface area (Å²) in [4.78, 5) is 75.7. The number of anilines is 2. The monoisotopic (exact) mass is 683 g/mol. The van der Waals surface area contributed by atoms with Crippen LogP contribution in [0.4, 0.5) is 11.5 Å². The highest BCUT2D eigenvalue weighted by Gasteiger charge is 2.45. The molecule has 1 aliphatic carbocycles. The van der Waals surface area contributed by atoms with E-state index in [0.29, 0.717) is 68.6 Å². The van der Waals surface area contributed by atoms with Gasteiger partial charge in [-0.15, -0.1) is 0 Å². The summed E-state index contributed by atoms with van der Waals surface area (Å²) in [5.41, 5.74) is 2.88. The van der Waals surface area contributed by atoms with Crippen LogP contribution in [0.2, 0.25) is 0 Å². The summed E-state index contributed by atoms with van der Waals surface area (Å²) in [6.07, 6.45) is 6.21. The fourth-order valence-corrected chi connectivity index (χ4v) is 6.28. The average molecular weight is 684 g/mol. The number of nitrogens with zero attached hydrogens (tertiary/aromatic N) is 2. The van der Waals surface area contributed by atoms with Crippen molar-refractivity contribution >= 4 is 46.9 Å². The minimum absolute atomic E-state index is 0.0620. The van der Waals surface area contributed by atoms with Crippen LogP contribution in [0.1, 0.15) is 95.7 Å². The molecule has 6 amide bonds. The van der Waals surface area contributed by atoms with Gasteiger partial charge in [0, 0.05) is 49.3 Å². The van der Waals surface area contributed by atoms with Gasteiger partial charge in [-0.25, -0.2) is 0 Å². The van der Waals surface area contributed by atoms with Gasteiger partial charge in [-0.2, -0.15) is 5.10 Å². The van der Waals surface area contributed by atoms with Crippen LogP contribution in [0.5, 0.6) is 5.75 Å². The number of hydrogen-bond donors (Lipinski definition) is 5. The minimum atomic E-state index is -1.01. The van der Waals surface area contributed by atoms with Gasteiger partial charge in [-0.1, -0.05) is 24.6 Å². The van der Waals surface area contributed by atoms with Crippen molar-refractivity contribution in [2.45, 2.75) is 76.2 Å². The van der Waals surface area contributed by atoms with Gasteiger partial charge in [0.05, 0.1) is 24.2 Å². The van der Waals surface area contributed by atoms with Gasteiger partial charge in [0.1, 0.15) is 11.8 Å². The van der Waals surface area contributed by atoms with E-state index in [4.69, 9.17) is 4.74 Å². The molecule has 3 aliphatic rings. The summed E-state index contributed by atoms with van der Waals surface area (Å²) in [7, 11) is 0. The van der Waals surface area contributed by atoms with E-state index in [0.717, 1.165) is 29.0 Å². The molecule has 1 atom stereocenters. The van der Waals surface area contributed by atoms with Crippen LogP contribution in [0.15, 0.2) is 48.5 Å². The van der Waals surface area contributed by atoms with Gasteiger partial charge in [-0.05, 0) is 68.4 Å². The van der Waals surface area contributed by atoms with E-state index in [1.807, 2.05) is 30.3 Å². The van der Waals surface area contributed by atoms with E-state index in [-0.39, 0.29) is 42.2 Å². The molecule has 0 radical (unpaired) electrons. The highest BCUT2D eigenvalue weighted by Crippen LogP contribution is 2.36. The third-order valence-electron chi connectivity index (χ3n) is 9.22. The molecule has 6 rings (SSSR count). The van der Waals surface area contributed by atoms with Crippen LogP contribution in [0.3, 0.4) is 0 Å². The van der Waals surface area contributed by atoms with Crippen molar-refractivity contribution in [2.24, 2.45) is 0 Å². The molecule has 14 heteroatoms. The maximum Gasteiger partial charge on any atom is 0.264 e. The molecule has 2 aromatic carbocycles. The van der Waals surface area contributed by atoms with Crippen LogP contribution in [0, 0.1) is 0 Å². The van der Waals surface area contributed by atoms with E-state index in [1.165, 1.54) is 6.42 Å². The lowest BCUT2D eigenvalue weighted by atomic mass is 9.83. The fourth-order valence-electron chi connectivity index (χ4n) is 6.28. The first kappa shape index (κ1) is 34.3. The van der Waals surface area contributed by atoms with Crippen molar-refractivity contribution in [3.8, 4) is 5.75 Å². The molecule has 2 aliphatic heterocycles. The van der Waals surface area contributed by atoms with E-state index < -0.39 is 29.7 Å². The number of rotatable bonds is 16. The minimum Gasteiger partial charge on any atom is -0.494 e. The molecule has 3 heterocycles. The summed E-state index contributed by atoms with van der Waals surface area (Å²) in [6.45, 7) is 1.38. The average Bonchev–Trinajstić information content (AvgIpc) is 3.62. The number of fused-ring (bicyclic) bond motifs is 1. The molecule has 262 valence electrons. The van der Waals surface area contributed by atoms with Crippen molar-refractivity contribution < 1.29 is 33.5 Å². The normalized spacial score (nSPS) is 17.2. The predicted octanol–water partition coefficient (Wildman–Crippen LogP) is 3.43. The molecule has 14 nitrogen and oxygen atoms in total. The first-order valence-corrected chi connectivity index (χ1v) is 17.2. The Morgan fingerprint density at radius 3 is 2.48 bits per heavy atom.